The van der Waals surface area contributed by atoms with Gasteiger partial charge in [-0.1, -0.05) is 30.3 Å². The summed E-state index contributed by atoms with van der Waals surface area (Å²) in [6, 6.07) is 12.7. The summed E-state index contributed by atoms with van der Waals surface area (Å²) in [6.45, 7) is 4.56. The topological polar surface area (TPSA) is 80.1 Å². The van der Waals surface area contributed by atoms with Crippen molar-refractivity contribution in [2.75, 3.05) is 26.2 Å². The van der Waals surface area contributed by atoms with E-state index in [1.165, 1.54) is 18.3 Å². The number of benzene rings is 1. The Balaban J connectivity index is 0.000000246. The average Bonchev–Trinajstić information content (AvgIpc) is 2.58. The molecule has 0 amide bonds. The van der Waals surface area contributed by atoms with Gasteiger partial charge in [-0.2, -0.15) is 0 Å². The Hall–Kier alpha value is -2.31. The van der Waals surface area contributed by atoms with Gasteiger partial charge in [0, 0.05) is 50.9 Å². The number of rotatable bonds is 3. The molecule has 1 aromatic heterocycles. The van der Waals surface area contributed by atoms with Crippen molar-refractivity contribution in [1.29, 1.82) is 0 Å². The molecule has 0 bridgehead atoms. The van der Waals surface area contributed by atoms with Crippen LogP contribution in [0.4, 0.5) is 5.69 Å². The van der Waals surface area contributed by atoms with E-state index in [1.807, 2.05) is 30.3 Å². The van der Waals surface area contributed by atoms with Crippen molar-refractivity contribution in [2.24, 2.45) is 0 Å². The first-order chi connectivity index (χ1) is 10.8. The molecule has 1 fully saturated rings. The second kappa shape index (κ2) is 8.86. The SMILES string of the molecule is C1CNCCN1.O=[N+]([O-])c1ccnc(Cc2ccccc2)c1. The third-order valence-electron chi connectivity index (χ3n) is 3.20. The molecular weight excluding hydrogens is 280 g/mol. The minimum absolute atomic E-state index is 0.0842. The Morgan fingerprint density at radius 1 is 1.05 bits per heavy atom. The van der Waals surface area contributed by atoms with E-state index in [0.717, 1.165) is 31.7 Å². The number of nitrogens with zero attached hydrogens (tertiary/aromatic N) is 2. The first kappa shape index (κ1) is 16.1. The Labute approximate surface area is 129 Å². The molecule has 0 saturated carbocycles. The number of piperazine rings is 1. The minimum Gasteiger partial charge on any atom is -0.314 e. The molecule has 0 spiro atoms. The first-order valence-corrected chi connectivity index (χ1v) is 7.30. The molecule has 0 aliphatic carbocycles. The van der Waals surface area contributed by atoms with Gasteiger partial charge in [-0.25, -0.2) is 0 Å². The lowest BCUT2D eigenvalue weighted by atomic mass is 10.1. The van der Waals surface area contributed by atoms with E-state index in [-0.39, 0.29) is 5.69 Å². The molecule has 2 heterocycles. The molecule has 0 atom stereocenters. The van der Waals surface area contributed by atoms with Gasteiger partial charge in [0.1, 0.15) is 0 Å². The summed E-state index contributed by atoms with van der Waals surface area (Å²) >= 11 is 0. The quantitative estimate of drug-likeness (QED) is 0.667. The number of pyridine rings is 1. The second-order valence-electron chi connectivity index (χ2n) is 4.92. The van der Waals surface area contributed by atoms with E-state index >= 15 is 0 Å². The van der Waals surface area contributed by atoms with Crippen LogP contribution >= 0.6 is 0 Å². The minimum atomic E-state index is -0.407. The normalized spacial score (nSPS) is 13.8. The zero-order valence-electron chi connectivity index (χ0n) is 12.4. The fourth-order valence-electron chi connectivity index (χ4n) is 2.08. The molecule has 0 radical (unpaired) electrons. The zero-order valence-corrected chi connectivity index (χ0v) is 12.4. The average molecular weight is 300 g/mol. The van der Waals surface area contributed by atoms with E-state index in [1.54, 1.807) is 0 Å². The third-order valence-corrected chi connectivity index (χ3v) is 3.20. The van der Waals surface area contributed by atoms with Gasteiger partial charge < -0.3 is 10.6 Å². The Kier molecular flexibility index (Phi) is 6.47. The summed E-state index contributed by atoms with van der Waals surface area (Å²) in [7, 11) is 0. The maximum atomic E-state index is 10.6. The summed E-state index contributed by atoms with van der Waals surface area (Å²) < 4.78 is 0. The summed E-state index contributed by atoms with van der Waals surface area (Å²) in [4.78, 5) is 14.3. The van der Waals surface area contributed by atoms with Crippen molar-refractivity contribution in [2.45, 2.75) is 6.42 Å². The van der Waals surface area contributed by atoms with Gasteiger partial charge >= 0.3 is 0 Å². The maximum Gasteiger partial charge on any atom is 0.272 e. The summed E-state index contributed by atoms with van der Waals surface area (Å²) in [6.07, 6.45) is 2.08. The van der Waals surface area contributed by atoms with Crippen molar-refractivity contribution < 1.29 is 4.92 Å². The fraction of sp³-hybridized carbons (Fsp3) is 0.312. The van der Waals surface area contributed by atoms with Crippen LogP contribution in [0.2, 0.25) is 0 Å². The number of hydrogen-bond acceptors (Lipinski definition) is 5. The zero-order chi connectivity index (χ0) is 15.6. The van der Waals surface area contributed by atoms with E-state index in [4.69, 9.17) is 0 Å². The lowest BCUT2D eigenvalue weighted by Crippen LogP contribution is -2.39. The molecule has 0 unspecified atom stereocenters. The van der Waals surface area contributed by atoms with Gasteiger partial charge in [-0.05, 0) is 5.56 Å². The van der Waals surface area contributed by atoms with Gasteiger partial charge in [0.05, 0.1) is 10.6 Å². The molecular formula is C16H20N4O2. The van der Waals surface area contributed by atoms with E-state index in [0.29, 0.717) is 12.1 Å². The highest BCUT2D eigenvalue weighted by Crippen LogP contribution is 2.13. The predicted octanol–water partition coefficient (Wildman–Crippen LogP) is 1.76. The number of aromatic nitrogens is 1. The standard InChI is InChI=1S/C12H10N2O2.C4H10N2/c15-14(16)12-6-7-13-11(9-12)8-10-4-2-1-3-5-10;1-2-6-4-3-5-1/h1-7,9H,8H2;5-6H,1-4H2. The monoisotopic (exact) mass is 300 g/mol. The molecule has 1 aliphatic heterocycles. The van der Waals surface area contributed by atoms with Crippen LogP contribution in [0.1, 0.15) is 11.3 Å². The highest BCUT2D eigenvalue weighted by Gasteiger charge is 2.06. The molecule has 116 valence electrons. The lowest BCUT2D eigenvalue weighted by Gasteiger charge is -2.11. The van der Waals surface area contributed by atoms with Crippen molar-refractivity contribution >= 4 is 5.69 Å². The Bertz CT molecular complexity index is 574. The van der Waals surface area contributed by atoms with Gasteiger partial charge in [0.25, 0.3) is 5.69 Å². The van der Waals surface area contributed by atoms with E-state index < -0.39 is 4.92 Å². The fourth-order valence-corrected chi connectivity index (χ4v) is 2.08. The highest BCUT2D eigenvalue weighted by molar-refractivity contribution is 5.32. The van der Waals surface area contributed by atoms with Crippen LogP contribution in [-0.2, 0) is 6.42 Å². The molecule has 6 heteroatoms. The van der Waals surface area contributed by atoms with Crippen molar-refractivity contribution in [3.8, 4) is 0 Å². The third kappa shape index (κ3) is 5.59. The Morgan fingerprint density at radius 3 is 2.23 bits per heavy atom. The van der Waals surface area contributed by atoms with Gasteiger partial charge in [-0.15, -0.1) is 0 Å². The van der Waals surface area contributed by atoms with Crippen LogP contribution in [0.3, 0.4) is 0 Å². The molecule has 3 rings (SSSR count). The second-order valence-corrected chi connectivity index (χ2v) is 4.92. The summed E-state index contributed by atoms with van der Waals surface area (Å²) in [5.41, 5.74) is 1.89. The van der Waals surface area contributed by atoms with Crippen molar-refractivity contribution in [3.05, 3.63) is 70.0 Å². The maximum absolute atomic E-state index is 10.6. The molecule has 2 aromatic rings. The molecule has 2 N–H and O–H groups in total. The van der Waals surface area contributed by atoms with Crippen molar-refractivity contribution in [3.63, 3.8) is 0 Å². The molecule has 1 saturated heterocycles. The van der Waals surface area contributed by atoms with Gasteiger partial charge in [-0.3, -0.25) is 15.1 Å². The molecule has 22 heavy (non-hydrogen) atoms. The molecule has 6 nitrogen and oxygen atoms in total. The first-order valence-electron chi connectivity index (χ1n) is 7.30. The van der Waals surface area contributed by atoms with Gasteiger partial charge in [0.15, 0.2) is 0 Å². The van der Waals surface area contributed by atoms with Crippen LogP contribution in [0.15, 0.2) is 48.7 Å². The van der Waals surface area contributed by atoms with Gasteiger partial charge in [0.2, 0.25) is 0 Å². The summed E-state index contributed by atoms with van der Waals surface area (Å²) in [5, 5.41) is 17.0. The largest absolute Gasteiger partial charge is 0.314 e. The van der Waals surface area contributed by atoms with E-state index in [9.17, 15) is 10.1 Å². The number of hydrogen-bond donors (Lipinski definition) is 2. The Morgan fingerprint density at radius 2 is 1.68 bits per heavy atom. The highest BCUT2D eigenvalue weighted by atomic mass is 16.6. The van der Waals surface area contributed by atoms with Crippen LogP contribution < -0.4 is 10.6 Å². The molecule has 1 aliphatic rings. The number of nitrogens with one attached hydrogen (secondary N) is 2. The summed E-state index contributed by atoms with van der Waals surface area (Å²) in [5.74, 6) is 0. The van der Waals surface area contributed by atoms with Crippen molar-refractivity contribution in [1.82, 2.24) is 15.6 Å². The van der Waals surface area contributed by atoms with Crippen LogP contribution in [0, 0.1) is 10.1 Å². The lowest BCUT2D eigenvalue weighted by molar-refractivity contribution is -0.385. The van der Waals surface area contributed by atoms with Crippen LogP contribution in [0.25, 0.3) is 0 Å². The number of nitro groups is 1. The predicted molar refractivity (Wildman–Crippen MR) is 85.9 cm³/mol. The molecule has 1 aromatic carbocycles. The smallest absolute Gasteiger partial charge is 0.272 e. The van der Waals surface area contributed by atoms with Crippen LogP contribution in [0.5, 0.6) is 0 Å². The van der Waals surface area contributed by atoms with E-state index in [2.05, 4.69) is 15.6 Å². The van der Waals surface area contributed by atoms with Crippen LogP contribution in [-0.4, -0.2) is 36.1 Å².